The number of aliphatic carboxylic acids is 1. The summed E-state index contributed by atoms with van der Waals surface area (Å²) in [4.78, 5) is 10.3. The van der Waals surface area contributed by atoms with Gasteiger partial charge < -0.3 is 9.84 Å². The predicted molar refractivity (Wildman–Crippen MR) is 54.5 cm³/mol. The third-order valence-electron chi connectivity index (χ3n) is 2.14. The Hall–Kier alpha value is -1.23. The van der Waals surface area contributed by atoms with Gasteiger partial charge in [-0.25, -0.2) is 13.6 Å². The molecule has 0 saturated carbocycles. The molecule has 0 aromatic heterocycles. The lowest BCUT2D eigenvalue weighted by molar-refractivity contribution is -0.143. The van der Waals surface area contributed by atoms with Crippen LogP contribution >= 0.6 is 0 Å². The Kier molecular flexibility index (Phi) is 4.61. The highest BCUT2D eigenvalue weighted by Crippen LogP contribution is 2.23. The zero-order chi connectivity index (χ0) is 12.0. The van der Waals surface area contributed by atoms with Crippen molar-refractivity contribution in [3.05, 3.63) is 24.3 Å². The van der Waals surface area contributed by atoms with Crippen LogP contribution in [-0.2, 0) is 9.53 Å². The molecule has 5 heteroatoms. The quantitative estimate of drug-likeness (QED) is 0.760. The van der Waals surface area contributed by atoms with E-state index in [2.05, 4.69) is 0 Å². The fourth-order valence-electron chi connectivity index (χ4n) is 1.37. The van der Waals surface area contributed by atoms with Gasteiger partial charge in [-0.15, -0.1) is 0 Å². The fraction of sp³-hybridized carbons (Fsp3) is 0.545. The summed E-state index contributed by atoms with van der Waals surface area (Å²) >= 11 is 0. The molecule has 90 valence electrons. The van der Waals surface area contributed by atoms with Gasteiger partial charge in [0.15, 0.2) is 0 Å². The number of halogens is 2. The smallest absolute Gasteiger partial charge is 0.329 e. The van der Waals surface area contributed by atoms with Crippen LogP contribution in [0, 0.1) is 0 Å². The van der Waals surface area contributed by atoms with Gasteiger partial charge in [0.05, 0.1) is 6.10 Å². The second-order valence-corrected chi connectivity index (χ2v) is 3.62. The van der Waals surface area contributed by atoms with Crippen LogP contribution in [0.1, 0.15) is 19.3 Å². The maximum atomic E-state index is 13.0. The standard InChI is InChI=1S/C11H14F2O3/c12-11(13)6-2-1-4-9(5-3-7-11)16-8-10(14)15/h2-3,5-6,9H,1,4,7-8H2,(H,14,15)/b5-3+,6-2-. The first kappa shape index (κ1) is 12.8. The first-order chi connectivity index (χ1) is 7.49. The van der Waals surface area contributed by atoms with Crippen LogP contribution < -0.4 is 0 Å². The SMILES string of the molecule is O=C(O)COC1/C=C/CC(F)(F)/C=C\CC1. The molecule has 0 saturated heterocycles. The van der Waals surface area contributed by atoms with Crippen molar-refractivity contribution in [3.8, 4) is 0 Å². The van der Waals surface area contributed by atoms with Gasteiger partial charge in [0.2, 0.25) is 0 Å². The lowest BCUT2D eigenvalue weighted by Crippen LogP contribution is -2.16. The topological polar surface area (TPSA) is 46.5 Å². The molecule has 0 fully saturated rings. The summed E-state index contributed by atoms with van der Waals surface area (Å²) in [6.45, 7) is -0.408. The second kappa shape index (κ2) is 5.75. The average Bonchev–Trinajstić information content (AvgIpc) is 2.26. The molecule has 0 aliphatic heterocycles. The molecule has 0 radical (unpaired) electrons. The molecule has 1 aliphatic carbocycles. The van der Waals surface area contributed by atoms with E-state index >= 15 is 0 Å². The maximum Gasteiger partial charge on any atom is 0.329 e. The summed E-state index contributed by atoms with van der Waals surface area (Å²) in [5.74, 6) is -3.88. The molecule has 1 aliphatic rings. The molecule has 16 heavy (non-hydrogen) atoms. The van der Waals surface area contributed by atoms with E-state index in [0.717, 1.165) is 6.08 Å². The highest BCUT2D eigenvalue weighted by atomic mass is 19.3. The number of allylic oxidation sites excluding steroid dienone is 3. The number of rotatable bonds is 3. The van der Waals surface area contributed by atoms with Crippen molar-refractivity contribution < 1.29 is 23.4 Å². The summed E-state index contributed by atoms with van der Waals surface area (Å²) in [6, 6.07) is 0. The molecule has 0 heterocycles. The van der Waals surface area contributed by atoms with Gasteiger partial charge in [-0.3, -0.25) is 0 Å². The lowest BCUT2D eigenvalue weighted by atomic mass is 10.2. The molecular formula is C11H14F2O3. The zero-order valence-corrected chi connectivity index (χ0v) is 8.73. The van der Waals surface area contributed by atoms with Gasteiger partial charge in [-0.1, -0.05) is 18.2 Å². The van der Waals surface area contributed by atoms with Crippen LogP contribution in [0.25, 0.3) is 0 Å². The van der Waals surface area contributed by atoms with Crippen molar-refractivity contribution in [1.29, 1.82) is 0 Å². The van der Waals surface area contributed by atoms with E-state index in [1.54, 1.807) is 0 Å². The summed E-state index contributed by atoms with van der Waals surface area (Å²) in [5.41, 5.74) is 0. The Morgan fingerprint density at radius 1 is 1.50 bits per heavy atom. The number of hydrogen-bond acceptors (Lipinski definition) is 2. The van der Waals surface area contributed by atoms with Crippen LogP contribution in [0.5, 0.6) is 0 Å². The van der Waals surface area contributed by atoms with E-state index in [9.17, 15) is 13.6 Å². The van der Waals surface area contributed by atoms with Crippen LogP contribution in [0.3, 0.4) is 0 Å². The zero-order valence-electron chi connectivity index (χ0n) is 8.73. The second-order valence-electron chi connectivity index (χ2n) is 3.62. The monoisotopic (exact) mass is 232 g/mol. The van der Waals surface area contributed by atoms with Crippen molar-refractivity contribution in [2.75, 3.05) is 6.61 Å². The van der Waals surface area contributed by atoms with E-state index in [0.29, 0.717) is 12.8 Å². The van der Waals surface area contributed by atoms with Crippen LogP contribution in [0.15, 0.2) is 24.3 Å². The van der Waals surface area contributed by atoms with Gasteiger partial charge in [0.1, 0.15) is 6.61 Å². The minimum atomic E-state index is -2.82. The van der Waals surface area contributed by atoms with Crippen LogP contribution in [0.4, 0.5) is 8.78 Å². The molecular weight excluding hydrogens is 218 g/mol. The highest BCUT2D eigenvalue weighted by molar-refractivity contribution is 5.68. The predicted octanol–water partition coefficient (Wildman–Crippen LogP) is 2.39. The Balaban J connectivity index is 2.52. The molecule has 3 nitrogen and oxygen atoms in total. The number of alkyl halides is 2. The maximum absolute atomic E-state index is 13.0. The highest BCUT2D eigenvalue weighted by Gasteiger charge is 2.23. The van der Waals surface area contributed by atoms with Crippen LogP contribution in [0.2, 0.25) is 0 Å². The van der Waals surface area contributed by atoms with Gasteiger partial charge in [-0.2, -0.15) is 0 Å². The van der Waals surface area contributed by atoms with Crippen molar-refractivity contribution in [2.45, 2.75) is 31.3 Å². The minimum Gasteiger partial charge on any atom is -0.480 e. The lowest BCUT2D eigenvalue weighted by Gasteiger charge is -2.11. The van der Waals surface area contributed by atoms with Crippen molar-refractivity contribution >= 4 is 5.97 Å². The number of hydrogen-bond donors (Lipinski definition) is 1. The number of ether oxygens (including phenoxy) is 1. The molecule has 1 atom stereocenters. The molecule has 0 bridgehead atoms. The molecule has 1 rings (SSSR count). The van der Waals surface area contributed by atoms with Gasteiger partial charge in [-0.05, 0) is 18.9 Å². The summed E-state index contributed by atoms with van der Waals surface area (Å²) < 4.78 is 31.0. The molecule has 1 N–H and O–H groups in total. The minimum absolute atomic E-state index is 0.379. The van der Waals surface area contributed by atoms with E-state index in [4.69, 9.17) is 9.84 Å². The first-order valence-corrected chi connectivity index (χ1v) is 5.05. The summed E-state index contributed by atoms with van der Waals surface area (Å²) in [6.07, 6.45) is 5.30. The largest absolute Gasteiger partial charge is 0.480 e. The van der Waals surface area contributed by atoms with Crippen molar-refractivity contribution in [1.82, 2.24) is 0 Å². The van der Waals surface area contributed by atoms with Gasteiger partial charge >= 0.3 is 5.97 Å². The molecule has 0 aromatic rings. The third-order valence-corrected chi connectivity index (χ3v) is 2.14. The molecule has 0 amide bonds. The Morgan fingerprint density at radius 2 is 2.25 bits per heavy atom. The average molecular weight is 232 g/mol. The van der Waals surface area contributed by atoms with Crippen molar-refractivity contribution in [2.24, 2.45) is 0 Å². The Morgan fingerprint density at radius 3 is 2.94 bits per heavy atom. The third kappa shape index (κ3) is 5.02. The first-order valence-electron chi connectivity index (χ1n) is 5.05. The number of carboxylic acids is 1. The molecule has 0 aromatic carbocycles. The Labute approximate surface area is 92.4 Å². The number of carbonyl (C=O) groups is 1. The molecule has 0 spiro atoms. The van der Waals surface area contributed by atoms with Gasteiger partial charge in [0, 0.05) is 6.42 Å². The normalized spacial score (nSPS) is 28.5. The summed E-state index contributed by atoms with van der Waals surface area (Å²) in [7, 11) is 0. The van der Waals surface area contributed by atoms with Crippen molar-refractivity contribution in [3.63, 3.8) is 0 Å². The van der Waals surface area contributed by atoms with E-state index in [1.807, 2.05) is 0 Å². The van der Waals surface area contributed by atoms with E-state index < -0.39 is 24.6 Å². The molecule has 1 unspecified atom stereocenters. The van der Waals surface area contributed by atoms with E-state index in [-0.39, 0.29) is 6.42 Å². The number of carboxylic acid groups (broad SMARTS) is 1. The van der Waals surface area contributed by atoms with Crippen LogP contribution in [-0.4, -0.2) is 29.7 Å². The fourth-order valence-corrected chi connectivity index (χ4v) is 1.37. The van der Waals surface area contributed by atoms with Gasteiger partial charge in [0.25, 0.3) is 5.92 Å². The van der Waals surface area contributed by atoms with E-state index in [1.165, 1.54) is 18.2 Å². The Bertz CT molecular complexity index is 298. The summed E-state index contributed by atoms with van der Waals surface area (Å²) in [5, 5.41) is 8.43.